The van der Waals surface area contributed by atoms with E-state index in [1.807, 2.05) is 0 Å². The zero-order valence-electron chi connectivity index (χ0n) is 12.8. The number of hydrogen-bond donors (Lipinski definition) is 2. The molecule has 0 aromatic carbocycles. The maximum absolute atomic E-state index is 12.3. The molecular weight excluding hydrogens is 272 g/mol. The maximum Gasteiger partial charge on any atom is 0.326 e. The van der Waals surface area contributed by atoms with E-state index < -0.39 is 17.4 Å². The summed E-state index contributed by atoms with van der Waals surface area (Å²) in [7, 11) is 0. The molecule has 1 amide bonds. The molecule has 116 valence electrons. The van der Waals surface area contributed by atoms with Gasteiger partial charge in [-0.25, -0.2) is 4.79 Å². The number of pyridine rings is 1. The highest BCUT2D eigenvalue weighted by Gasteiger charge is 2.31. The fourth-order valence-corrected chi connectivity index (χ4v) is 1.99. The lowest BCUT2D eigenvalue weighted by molar-refractivity contribution is -0.143. The Bertz CT molecular complexity index is 590. The number of amides is 1. The van der Waals surface area contributed by atoms with Crippen molar-refractivity contribution in [1.82, 2.24) is 9.88 Å². The molecular formula is C15H22N2O4. The van der Waals surface area contributed by atoms with Crippen LogP contribution in [0.25, 0.3) is 0 Å². The van der Waals surface area contributed by atoms with E-state index in [2.05, 4.69) is 5.32 Å². The van der Waals surface area contributed by atoms with Gasteiger partial charge in [-0.3, -0.25) is 9.59 Å². The Kier molecular flexibility index (Phi) is 5.29. The first-order valence-electron chi connectivity index (χ1n) is 6.89. The molecule has 21 heavy (non-hydrogen) atoms. The predicted molar refractivity (Wildman–Crippen MR) is 79.1 cm³/mol. The van der Waals surface area contributed by atoms with Crippen molar-refractivity contribution >= 4 is 11.9 Å². The Morgan fingerprint density at radius 3 is 2.48 bits per heavy atom. The summed E-state index contributed by atoms with van der Waals surface area (Å²) >= 11 is 0. The largest absolute Gasteiger partial charge is 0.480 e. The minimum Gasteiger partial charge on any atom is -0.480 e. The van der Waals surface area contributed by atoms with Crippen LogP contribution in [0.15, 0.2) is 23.0 Å². The molecule has 0 saturated heterocycles. The molecule has 0 spiro atoms. The molecule has 1 unspecified atom stereocenters. The van der Waals surface area contributed by atoms with Gasteiger partial charge in [-0.15, -0.1) is 0 Å². The third kappa shape index (κ3) is 4.18. The van der Waals surface area contributed by atoms with Gasteiger partial charge in [-0.1, -0.05) is 13.0 Å². The molecule has 6 nitrogen and oxygen atoms in total. The van der Waals surface area contributed by atoms with Crippen LogP contribution in [-0.4, -0.2) is 27.6 Å². The lowest BCUT2D eigenvalue weighted by Crippen LogP contribution is -2.48. The first-order chi connectivity index (χ1) is 9.69. The molecule has 1 aromatic heterocycles. The van der Waals surface area contributed by atoms with Crippen molar-refractivity contribution in [3.8, 4) is 0 Å². The summed E-state index contributed by atoms with van der Waals surface area (Å²) in [6.45, 7) is 7.06. The van der Waals surface area contributed by atoms with E-state index in [4.69, 9.17) is 5.11 Å². The van der Waals surface area contributed by atoms with Crippen LogP contribution in [-0.2, 0) is 16.1 Å². The SMILES string of the molecule is CCC(NC(=O)C(C)(C)Cn1c(C)cccc1=O)C(=O)O. The van der Waals surface area contributed by atoms with E-state index >= 15 is 0 Å². The number of carboxylic acid groups (broad SMARTS) is 1. The molecule has 1 aromatic rings. The summed E-state index contributed by atoms with van der Waals surface area (Å²) in [5.74, 6) is -1.44. The van der Waals surface area contributed by atoms with Crippen LogP contribution in [0, 0.1) is 12.3 Å². The van der Waals surface area contributed by atoms with E-state index in [0.717, 1.165) is 5.69 Å². The number of carboxylic acids is 1. The number of rotatable bonds is 6. The highest BCUT2D eigenvalue weighted by atomic mass is 16.4. The second kappa shape index (κ2) is 6.56. The third-order valence-electron chi connectivity index (χ3n) is 3.45. The molecule has 6 heteroatoms. The number of aliphatic carboxylic acids is 1. The van der Waals surface area contributed by atoms with Crippen LogP contribution in [0.2, 0.25) is 0 Å². The maximum atomic E-state index is 12.3. The second-order valence-corrected chi connectivity index (χ2v) is 5.75. The van der Waals surface area contributed by atoms with Crippen molar-refractivity contribution in [2.75, 3.05) is 0 Å². The van der Waals surface area contributed by atoms with Gasteiger partial charge in [0.2, 0.25) is 5.91 Å². The Morgan fingerprint density at radius 2 is 2.00 bits per heavy atom. The molecule has 0 aliphatic heterocycles. The fourth-order valence-electron chi connectivity index (χ4n) is 1.99. The number of hydrogen-bond acceptors (Lipinski definition) is 3. The van der Waals surface area contributed by atoms with Gasteiger partial charge in [0.1, 0.15) is 6.04 Å². The highest BCUT2D eigenvalue weighted by Crippen LogP contribution is 2.19. The van der Waals surface area contributed by atoms with Crippen molar-refractivity contribution in [2.24, 2.45) is 5.41 Å². The van der Waals surface area contributed by atoms with Gasteiger partial charge in [-0.05, 0) is 33.3 Å². The summed E-state index contributed by atoms with van der Waals surface area (Å²) in [6, 6.07) is 3.98. The standard InChI is InChI=1S/C15H22N2O4/c1-5-11(13(19)20)16-14(21)15(3,4)9-17-10(2)7-6-8-12(17)18/h6-8,11H,5,9H2,1-4H3,(H,16,21)(H,19,20). The highest BCUT2D eigenvalue weighted by molar-refractivity contribution is 5.86. The average molecular weight is 294 g/mol. The zero-order valence-corrected chi connectivity index (χ0v) is 12.8. The van der Waals surface area contributed by atoms with Crippen molar-refractivity contribution < 1.29 is 14.7 Å². The van der Waals surface area contributed by atoms with Crippen LogP contribution in [0.4, 0.5) is 0 Å². The monoisotopic (exact) mass is 294 g/mol. The van der Waals surface area contributed by atoms with Crippen molar-refractivity contribution in [1.29, 1.82) is 0 Å². The Morgan fingerprint density at radius 1 is 1.38 bits per heavy atom. The predicted octanol–water partition coefficient (Wildman–Crippen LogP) is 1.16. The summed E-state index contributed by atoms with van der Waals surface area (Å²) in [5.41, 5.74) is -0.312. The Labute approximate surface area is 123 Å². The smallest absolute Gasteiger partial charge is 0.326 e. The molecule has 1 rings (SSSR count). The van der Waals surface area contributed by atoms with Gasteiger partial charge in [0.15, 0.2) is 0 Å². The number of carbonyl (C=O) groups is 2. The van der Waals surface area contributed by atoms with Crippen molar-refractivity contribution in [2.45, 2.75) is 46.7 Å². The van der Waals surface area contributed by atoms with Gasteiger partial charge in [0, 0.05) is 18.3 Å². The lowest BCUT2D eigenvalue weighted by atomic mass is 9.91. The van der Waals surface area contributed by atoms with Gasteiger partial charge >= 0.3 is 5.97 Å². The number of aryl methyl sites for hydroxylation is 1. The first kappa shape index (κ1) is 16.9. The minimum absolute atomic E-state index is 0.179. The molecule has 0 bridgehead atoms. The topological polar surface area (TPSA) is 88.4 Å². The van der Waals surface area contributed by atoms with Gasteiger partial charge in [-0.2, -0.15) is 0 Å². The number of nitrogens with zero attached hydrogens (tertiary/aromatic N) is 1. The molecule has 0 saturated carbocycles. The van der Waals surface area contributed by atoms with Crippen molar-refractivity contribution in [3.05, 3.63) is 34.2 Å². The Hall–Kier alpha value is -2.11. The quantitative estimate of drug-likeness (QED) is 0.824. The molecule has 0 aliphatic rings. The second-order valence-electron chi connectivity index (χ2n) is 5.75. The van der Waals surface area contributed by atoms with Crippen LogP contribution in [0.3, 0.4) is 0 Å². The number of carbonyl (C=O) groups excluding carboxylic acids is 1. The molecule has 1 heterocycles. The first-order valence-corrected chi connectivity index (χ1v) is 6.89. The molecule has 0 fully saturated rings. The lowest BCUT2D eigenvalue weighted by Gasteiger charge is -2.27. The zero-order chi connectivity index (χ0) is 16.2. The Balaban J connectivity index is 2.93. The normalized spacial score (nSPS) is 12.8. The molecule has 1 atom stereocenters. The third-order valence-corrected chi connectivity index (χ3v) is 3.45. The number of nitrogens with one attached hydrogen (secondary N) is 1. The summed E-state index contributed by atoms with van der Waals surface area (Å²) < 4.78 is 1.52. The van der Waals surface area contributed by atoms with Crippen molar-refractivity contribution in [3.63, 3.8) is 0 Å². The van der Waals surface area contributed by atoms with E-state index in [-0.39, 0.29) is 18.0 Å². The van der Waals surface area contributed by atoms with Crippen LogP contribution in [0.5, 0.6) is 0 Å². The van der Waals surface area contributed by atoms with Crippen LogP contribution in [0.1, 0.15) is 32.9 Å². The van der Waals surface area contributed by atoms with Gasteiger partial charge < -0.3 is 15.0 Å². The van der Waals surface area contributed by atoms with E-state index in [1.54, 1.807) is 39.8 Å². The number of aromatic nitrogens is 1. The van der Waals surface area contributed by atoms with Crippen LogP contribution >= 0.6 is 0 Å². The van der Waals surface area contributed by atoms with E-state index in [9.17, 15) is 14.4 Å². The van der Waals surface area contributed by atoms with Crippen LogP contribution < -0.4 is 10.9 Å². The summed E-state index contributed by atoms with van der Waals surface area (Å²) in [4.78, 5) is 35.1. The molecule has 2 N–H and O–H groups in total. The van der Waals surface area contributed by atoms with E-state index in [0.29, 0.717) is 6.42 Å². The average Bonchev–Trinajstić information content (AvgIpc) is 2.39. The molecule has 0 radical (unpaired) electrons. The van der Waals surface area contributed by atoms with Gasteiger partial charge in [0.05, 0.1) is 5.41 Å². The molecule has 0 aliphatic carbocycles. The van der Waals surface area contributed by atoms with E-state index in [1.165, 1.54) is 10.6 Å². The summed E-state index contributed by atoms with van der Waals surface area (Å²) in [6.07, 6.45) is 0.307. The minimum atomic E-state index is -1.06. The summed E-state index contributed by atoms with van der Waals surface area (Å²) in [5, 5.41) is 11.5. The fraction of sp³-hybridized carbons (Fsp3) is 0.533. The van der Waals surface area contributed by atoms with Gasteiger partial charge in [0.25, 0.3) is 5.56 Å².